The molecule has 1 aromatic carbocycles. The highest BCUT2D eigenvalue weighted by atomic mass is 19.3. The normalized spacial score (nSPS) is 17.8. The Hall–Kier alpha value is -3.07. The van der Waals surface area contributed by atoms with Crippen LogP contribution in [0, 0.1) is 12.3 Å². The molecule has 0 unspecified atom stereocenters. The van der Waals surface area contributed by atoms with Crippen LogP contribution in [0.2, 0.25) is 0 Å². The van der Waals surface area contributed by atoms with E-state index in [0.29, 0.717) is 18.8 Å². The number of alkyl halides is 2. The summed E-state index contributed by atoms with van der Waals surface area (Å²) in [6.45, 7) is 4.50. The Morgan fingerprint density at radius 1 is 1.14 bits per heavy atom. The summed E-state index contributed by atoms with van der Waals surface area (Å²) in [6, 6.07) is 11.1. The molecule has 2 heterocycles. The second-order valence-corrected chi connectivity index (χ2v) is 10.5. The molecular weight excluding hydrogens is 480 g/mol. The van der Waals surface area contributed by atoms with E-state index >= 15 is 0 Å². The number of rotatable bonds is 11. The molecule has 2 aromatic rings. The van der Waals surface area contributed by atoms with Crippen LogP contribution >= 0.6 is 0 Å². The van der Waals surface area contributed by atoms with Crippen molar-refractivity contribution in [3.05, 3.63) is 53.2 Å². The van der Waals surface area contributed by atoms with E-state index in [2.05, 4.69) is 33.8 Å². The van der Waals surface area contributed by atoms with E-state index in [4.69, 9.17) is 4.74 Å². The van der Waals surface area contributed by atoms with Gasteiger partial charge in [0.25, 0.3) is 0 Å². The predicted octanol–water partition coefficient (Wildman–Crippen LogP) is 5.04. The molecule has 37 heavy (non-hydrogen) atoms. The number of esters is 1. The van der Waals surface area contributed by atoms with Crippen molar-refractivity contribution >= 4 is 17.6 Å². The van der Waals surface area contributed by atoms with Crippen molar-refractivity contribution in [3.8, 4) is 5.88 Å². The molecule has 1 aliphatic carbocycles. The number of likely N-dealkylation sites (tertiary alicyclic amines) is 1. The van der Waals surface area contributed by atoms with Crippen molar-refractivity contribution in [2.45, 2.75) is 64.4 Å². The smallest absolute Gasteiger partial charge is 0.388 e. The van der Waals surface area contributed by atoms with E-state index in [1.807, 2.05) is 24.3 Å². The van der Waals surface area contributed by atoms with Gasteiger partial charge in [-0.05, 0) is 68.3 Å². The van der Waals surface area contributed by atoms with Crippen LogP contribution in [0.5, 0.6) is 5.88 Å². The van der Waals surface area contributed by atoms with E-state index in [-0.39, 0.29) is 34.8 Å². The number of amides is 1. The molecule has 1 saturated carbocycles. The number of halogens is 2. The van der Waals surface area contributed by atoms with Crippen molar-refractivity contribution in [3.63, 3.8) is 0 Å². The van der Waals surface area contributed by atoms with E-state index in [0.717, 1.165) is 43.4 Å². The molecular formula is C28H35F2N3O4. The lowest BCUT2D eigenvalue weighted by atomic mass is 9.69. The maximum atomic E-state index is 13.9. The first kappa shape index (κ1) is 27.0. The van der Waals surface area contributed by atoms with Crippen LogP contribution in [0.1, 0.15) is 62.3 Å². The molecule has 7 nitrogen and oxygen atoms in total. The molecule has 200 valence electrons. The lowest BCUT2D eigenvalue weighted by Crippen LogP contribution is -2.65. The van der Waals surface area contributed by atoms with Gasteiger partial charge in [0.15, 0.2) is 0 Å². The topological polar surface area (TPSA) is 80.8 Å². The third kappa shape index (κ3) is 5.61. The van der Waals surface area contributed by atoms with Gasteiger partial charge in [0, 0.05) is 18.8 Å². The number of carbonyl (C=O) groups is 2. The minimum atomic E-state index is -3.06. The Bertz CT molecular complexity index is 1140. The minimum Gasteiger partial charge on any atom is -0.469 e. The van der Waals surface area contributed by atoms with Crippen LogP contribution in [0.4, 0.5) is 14.5 Å². The van der Waals surface area contributed by atoms with Gasteiger partial charge in [-0.15, -0.1) is 0 Å². The Balaban J connectivity index is 1.54. The van der Waals surface area contributed by atoms with Gasteiger partial charge in [-0.25, -0.2) is 4.98 Å². The van der Waals surface area contributed by atoms with Crippen LogP contribution in [-0.2, 0) is 19.7 Å². The summed E-state index contributed by atoms with van der Waals surface area (Å²) in [7, 11) is 1.43. The lowest BCUT2D eigenvalue weighted by molar-refractivity contribution is -0.147. The Morgan fingerprint density at radius 3 is 2.46 bits per heavy atom. The fraction of sp³-hybridized carbons (Fsp3) is 0.536. The number of nitrogens with one attached hydrogen (secondary N) is 1. The second kappa shape index (κ2) is 10.7. The zero-order valence-electron chi connectivity index (χ0n) is 21.9. The number of aromatic nitrogens is 1. The van der Waals surface area contributed by atoms with Gasteiger partial charge in [0.2, 0.25) is 11.8 Å². The summed E-state index contributed by atoms with van der Waals surface area (Å²) in [5.41, 5.74) is 1.44. The molecule has 0 spiro atoms. The molecule has 2 fully saturated rings. The summed E-state index contributed by atoms with van der Waals surface area (Å²) in [5.74, 6) is -0.521. The molecule has 0 radical (unpaired) electrons. The summed E-state index contributed by atoms with van der Waals surface area (Å²) in [4.78, 5) is 32.2. The number of methoxy groups -OCH3 is 1. The average Bonchev–Trinajstić information content (AvgIpc) is 3.62. The van der Waals surface area contributed by atoms with E-state index in [9.17, 15) is 18.4 Å². The van der Waals surface area contributed by atoms with Crippen LogP contribution in [-0.4, -0.2) is 55.1 Å². The Labute approximate surface area is 216 Å². The maximum Gasteiger partial charge on any atom is 0.388 e. The molecule has 1 aliphatic heterocycles. The average molecular weight is 516 g/mol. The SMILES string of the molecule is COC(=O)C1(CCCN2CC(C(=O)Nc3ccc(C)nc3OC(F)F)(c3ccccc3C(C)C)C2)CC1. The summed E-state index contributed by atoms with van der Waals surface area (Å²) in [5, 5.41) is 2.84. The molecule has 1 amide bonds. The van der Waals surface area contributed by atoms with Crippen molar-refractivity contribution in [1.82, 2.24) is 9.88 Å². The number of nitrogens with zero attached hydrogens (tertiary/aromatic N) is 2. The Kier molecular flexibility index (Phi) is 7.83. The first-order chi connectivity index (χ1) is 17.6. The molecule has 2 aliphatic rings. The first-order valence-corrected chi connectivity index (χ1v) is 12.7. The van der Waals surface area contributed by atoms with Gasteiger partial charge < -0.3 is 19.7 Å². The monoisotopic (exact) mass is 515 g/mol. The fourth-order valence-corrected chi connectivity index (χ4v) is 5.36. The molecule has 1 aromatic heterocycles. The van der Waals surface area contributed by atoms with Gasteiger partial charge in [-0.2, -0.15) is 8.78 Å². The summed E-state index contributed by atoms with van der Waals surface area (Å²) < 4.78 is 35.6. The highest BCUT2D eigenvalue weighted by molar-refractivity contribution is 6.01. The molecule has 0 bridgehead atoms. The van der Waals surface area contributed by atoms with E-state index in [1.165, 1.54) is 7.11 Å². The number of aryl methyl sites for hydroxylation is 1. The lowest BCUT2D eigenvalue weighted by Gasteiger charge is -2.50. The quantitative estimate of drug-likeness (QED) is 0.423. The van der Waals surface area contributed by atoms with Crippen molar-refractivity contribution in [2.24, 2.45) is 5.41 Å². The zero-order chi connectivity index (χ0) is 26.8. The van der Waals surface area contributed by atoms with Gasteiger partial charge in [-0.3, -0.25) is 9.59 Å². The standard InChI is InChI=1S/C28H35F2N3O4/c1-18(2)20-8-5-6-9-21(20)28(16-33(17-28)15-7-12-27(13-14-27)25(35)36-4)24(34)32-22-11-10-19(3)31-23(22)37-26(29)30/h5-6,8-11,18,26H,7,12-17H2,1-4H3,(H,32,34). The van der Waals surface area contributed by atoms with Crippen molar-refractivity contribution < 1.29 is 27.8 Å². The number of hydrogen-bond donors (Lipinski definition) is 1. The second-order valence-electron chi connectivity index (χ2n) is 10.5. The summed E-state index contributed by atoms with van der Waals surface area (Å²) >= 11 is 0. The summed E-state index contributed by atoms with van der Waals surface area (Å²) in [6.07, 6.45) is 3.32. The number of hydrogen-bond acceptors (Lipinski definition) is 6. The number of pyridine rings is 1. The predicted molar refractivity (Wildman–Crippen MR) is 136 cm³/mol. The molecule has 9 heteroatoms. The van der Waals surface area contributed by atoms with Gasteiger partial charge in [0.05, 0.1) is 17.9 Å². The third-order valence-electron chi connectivity index (χ3n) is 7.57. The van der Waals surface area contributed by atoms with E-state index in [1.54, 1.807) is 19.1 Å². The van der Waals surface area contributed by atoms with Crippen molar-refractivity contribution in [1.29, 1.82) is 0 Å². The molecule has 4 rings (SSSR count). The Morgan fingerprint density at radius 2 is 1.84 bits per heavy atom. The van der Waals surface area contributed by atoms with Crippen molar-refractivity contribution in [2.75, 3.05) is 32.1 Å². The van der Waals surface area contributed by atoms with Crippen LogP contribution in [0.25, 0.3) is 0 Å². The first-order valence-electron chi connectivity index (χ1n) is 12.7. The third-order valence-corrected chi connectivity index (χ3v) is 7.57. The minimum absolute atomic E-state index is 0.115. The number of benzene rings is 1. The highest BCUT2D eigenvalue weighted by Crippen LogP contribution is 2.51. The molecule has 1 N–H and O–H groups in total. The maximum absolute atomic E-state index is 13.9. The number of carbonyl (C=O) groups excluding carboxylic acids is 2. The van der Waals surface area contributed by atoms with Gasteiger partial charge >= 0.3 is 12.6 Å². The van der Waals surface area contributed by atoms with E-state index < -0.39 is 12.0 Å². The molecule has 0 atom stereocenters. The number of ether oxygens (including phenoxy) is 2. The number of anilines is 1. The molecule has 1 saturated heterocycles. The van der Waals surface area contributed by atoms with Gasteiger partial charge in [0.1, 0.15) is 5.69 Å². The highest BCUT2D eigenvalue weighted by Gasteiger charge is 2.53. The van der Waals surface area contributed by atoms with Crippen LogP contribution in [0.3, 0.4) is 0 Å². The van der Waals surface area contributed by atoms with Crippen LogP contribution in [0.15, 0.2) is 36.4 Å². The van der Waals surface area contributed by atoms with Gasteiger partial charge in [-0.1, -0.05) is 38.1 Å². The fourth-order valence-electron chi connectivity index (χ4n) is 5.36. The van der Waals surface area contributed by atoms with Crippen LogP contribution < -0.4 is 10.1 Å². The zero-order valence-corrected chi connectivity index (χ0v) is 21.9. The largest absolute Gasteiger partial charge is 0.469 e.